The average molecular weight is 455 g/mol. The van der Waals surface area contributed by atoms with Crippen molar-refractivity contribution in [1.29, 1.82) is 0 Å². The first-order valence-corrected chi connectivity index (χ1v) is 12.5. The number of fused-ring (bicyclic) bond motifs is 1. The number of rotatable bonds is 9. The van der Waals surface area contributed by atoms with Crippen LogP contribution in [-0.4, -0.2) is 98.8 Å². The Kier molecular flexibility index (Phi) is 9.86. The Labute approximate surface area is 184 Å². The third kappa shape index (κ3) is 7.18. The minimum absolute atomic E-state index is 0.0798. The molecule has 1 aliphatic rings. The van der Waals surface area contributed by atoms with Crippen LogP contribution in [0, 0.1) is 0 Å². The van der Waals surface area contributed by atoms with Crippen LogP contribution >= 0.6 is 10.0 Å². The van der Waals surface area contributed by atoms with Crippen LogP contribution in [-0.2, 0) is 14.3 Å². The highest BCUT2D eigenvalue weighted by molar-refractivity contribution is 8.32. The second-order valence-electron chi connectivity index (χ2n) is 7.66. The Bertz CT molecular complexity index is 849. The lowest BCUT2D eigenvalue weighted by molar-refractivity contribution is -0.128. The van der Waals surface area contributed by atoms with Crippen molar-refractivity contribution in [2.75, 3.05) is 58.6 Å². The van der Waals surface area contributed by atoms with Crippen LogP contribution in [0.15, 0.2) is 12.1 Å². The molecule has 0 bridgehead atoms. The molecule has 3 amide bonds. The number of aldehydes is 1. The van der Waals surface area contributed by atoms with Gasteiger partial charge in [0.2, 0.25) is 0 Å². The maximum Gasteiger partial charge on any atom is 0.293 e. The summed E-state index contributed by atoms with van der Waals surface area (Å²) in [6.45, 7) is 3.29. The van der Waals surface area contributed by atoms with Gasteiger partial charge < -0.3 is 14.4 Å². The fraction of sp³-hybridized carbons (Fsp3) is 0.476. The van der Waals surface area contributed by atoms with Gasteiger partial charge in [0.05, 0.1) is 29.9 Å². The van der Waals surface area contributed by atoms with Gasteiger partial charge in [-0.05, 0) is 37.8 Å². The highest BCUT2D eigenvalue weighted by atomic mass is 32.3. The molecule has 0 atom stereocenters. The van der Waals surface area contributed by atoms with Gasteiger partial charge in [0.1, 0.15) is 6.73 Å². The van der Waals surface area contributed by atoms with Crippen molar-refractivity contribution in [1.82, 2.24) is 9.80 Å². The number of imide groups is 1. The van der Waals surface area contributed by atoms with Crippen LogP contribution in [0.4, 0.5) is 0 Å². The largest absolute Gasteiger partial charge is 0.468 e. The van der Waals surface area contributed by atoms with E-state index < -0.39 is 27.7 Å². The average Bonchev–Trinajstić information content (AvgIpc) is 2.93. The summed E-state index contributed by atoms with van der Waals surface area (Å²) in [4.78, 5) is 59.7. The minimum atomic E-state index is -0.677. The van der Waals surface area contributed by atoms with Crippen molar-refractivity contribution >= 4 is 40.5 Å². The normalized spacial score (nSPS) is 13.2. The molecule has 9 nitrogen and oxygen atoms in total. The smallest absolute Gasteiger partial charge is 0.293 e. The Morgan fingerprint density at radius 1 is 1.13 bits per heavy atom. The van der Waals surface area contributed by atoms with Crippen molar-refractivity contribution in [3.05, 3.63) is 34.4 Å². The Morgan fingerprint density at radius 2 is 1.71 bits per heavy atom. The fourth-order valence-electron chi connectivity index (χ4n) is 2.55. The van der Waals surface area contributed by atoms with Crippen molar-refractivity contribution < 1.29 is 33.4 Å². The van der Waals surface area contributed by atoms with E-state index in [9.17, 15) is 24.0 Å². The summed E-state index contributed by atoms with van der Waals surface area (Å²) >= 11 is 0. The molecule has 0 radical (unpaired) electrons. The van der Waals surface area contributed by atoms with Crippen molar-refractivity contribution in [2.24, 2.45) is 0 Å². The zero-order valence-electron chi connectivity index (χ0n) is 18.8. The van der Waals surface area contributed by atoms with E-state index in [0.29, 0.717) is 26.0 Å². The molecule has 1 heterocycles. The first-order valence-electron chi connectivity index (χ1n) is 9.48. The van der Waals surface area contributed by atoms with E-state index in [-0.39, 0.29) is 29.0 Å². The summed E-state index contributed by atoms with van der Waals surface area (Å²) in [5.74, 6) is -0.471. The van der Waals surface area contributed by atoms with Crippen molar-refractivity contribution in [3.63, 3.8) is 0 Å². The number of amides is 3. The maximum absolute atomic E-state index is 12.7. The number of ether oxygens (including phenoxy) is 2. The molecule has 0 aliphatic carbocycles. The fourth-order valence-corrected chi connectivity index (χ4v) is 3.17. The third-order valence-corrected chi connectivity index (χ3v) is 5.71. The monoisotopic (exact) mass is 454 g/mol. The Morgan fingerprint density at radius 3 is 2.16 bits per heavy atom. The number of benzene rings is 1. The first-order chi connectivity index (χ1) is 14.5. The molecule has 1 aromatic carbocycles. The van der Waals surface area contributed by atoms with Crippen LogP contribution in [0.25, 0.3) is 0 Å². The molecule has 1 aliphatic heterocycles. The van der Waals surface area contributed by atoms with Gasteiger partial charge in [-0.25, -0.2) is 10.0 Å². The molecule has 0 spiro atoms. The lowest BCUT2D eigenvalue weighted by Gasteiger charge is -2.25. The SMILES string of the molecule is CCOC=O.CN(COCCS(C)(C)C)C(=O)c1cc2c(cc1C=O)C(=O)N(C)C2=O. The van der Waals surface area contributed by atoms with Crippen LogP contribution in [0.2, 0.25) is 0 Å². The maximum atomic E-state index is 12.7. The quantitative estimate of drug-likeness (QED) is 0.241. The van der Waals surface area contributed by atoms with Crippen LogP contribution in [0.5, 0.6) is 0 Å². The second kappa shape index (κ2) is 11.6. The van der Waals surface area contributed by atoms with Gasteiger partial charge in [-0.2, -0.15) is 0 Å². The molecule has 172 valence electrons. The molecular weight excluding hydrogens is 424 g/mol. The highest BCUT2D eigenvalue weighted by Crippen LogP contribution is 2.33. The predicted molar refractivity (Wildman–Crippen MR) is 119 cm³/mol. The second-order valence-corrected chi connectivity index (χ2v) is 12.2. The summed E-state index contributed by atoms with van der Waals surface area (Å²) in [5.41, 5.74) is 0.444. The molecule has 0 aromatic heterocycles. The zero-order chi connectivity index (χ0) is 23.8. The molecule has 0 saturated carbocycles. The summed E-state index contributed by atoms with van der Waals surface area (Å²) in [6, 6.07) is 2.62. The van der Waals surface area contributed by atoms with Crippen molar-refractivity contribution in [2.45, 2.75) is 6.92 Å². The molecule has 2 rings (SSSR count). The summed E-state index contributed by atoms with van der Waals surface area (Å²) in [6.07, 6.45) is 7.06. The van der Waals surface area contributed by atoms with Crippen molar-refractivity contribution in [3.8, 4) is 0 Å². The molecular formula is C21H30N2O7S. The molecule has 1 aromatic rings. The summed E-state index contributed by atoms with van der Waals surface area (Å²) in [5, 5.41) is 0. The third-order valence-electron chi connectivity index (χ3n) is 4.32. The van der Waals surface area contributed by atoms with Gasteiger partial charge in [0, 0.05) is 25.4 Å². The molecule has 10 heteroatoms. The molecule has 0 N–H and O–H groups in total. The van der Waals surface area contributed by atoms with Crippen LogP contribution in [0.1, 0.15) is 48.4 Å². The molecule has 0 fully saturated rings. The van der Waals surface area contributed by atoms with Gasteiger partial charge in [-0.15, -0.1) is 0 Å². The van der Waals surface area contributed by atoms with Crippen LogP contribution < -0.4 is 0 Å². The van der Waals surface area contributed by atoms with Gasteiger partial charge in [-0.3, -0.25) is 28.9 Å². The van der Waals surface area contributed by atoms with E-state index >= 15 is 0 Å². The number of nitrogens with zero attached hydrogens (tertiary/aromatic N) is 2. The zero-order valence-corrected chi connectivity index (χ0v) is 19.6. The van der Waals surface area contributed by atoms with Gasteiger partial charge in [-0.1, -0.05) is 0 Å². The van der Waals surface area contributed by atoms with Gasteiger partial charge in [0.15, 0.2) is 6.29 Å². The Balaban J connectivity index is 0.000000861. The molecule has 0 saturated heterocycles. The Hall–Kier alpha value is -2.72. The number of carbonyl (C=O) groups is 5. The highest BCUT2D eigenvalue weighted by Gasteiger charge is 2.34. The number of hydrogen-bond donors (Lipinski definition) is 0. The minimum Gasteiger partial charge on any atom is -0.468 e. The lowest BCUT2D eigenvalue weighted by Crippen LogP contribution is -2.31. The molecule has 0 unspecified atom stereocenters. The summed E-state index contributed by atoms with van der Waals surface area (Å²) in [7, 11) is 2.25. The van der Waals surface area contributed by atoms with E-state index in [4.69, 9.17) is 4.74 Å². The lowest BCUT2D eigenvalue weighted by atomic mass is 9.99. The van der Waals surface area contributed by atoms with E-state index in [1.54, 1.807) is 14.0 Å². The topological polar surface area (TPSA) is 110 Å². The van der Waals surface area contributed by atoms with E-state index in [1.807, 2.05) is 0 Å². The number of carbonyl (C=O) groups excluding carboxylic acids is 5. The molecule has 31 heavy (non-hydrogen) atoms. The van der Waals surface area contributed by atoms with Gasteiger partial charge >= 0.3 is 0 Å². The standard InChI is InChI=1S/C18H24N2O5S.C3H6O2/c1-19(11-25-6-7-26(3,4)5)16(22)13-9-15-14(8-12(13)10-21)17(23)20(2)18(15)24;1-2-5-3-4/h8-10H,6-7,11H2,1-5H3;3H,2H2,1H3. The predicted octanol–water partition coefficient (Wildman–Crippen LogP) is 1.64. The van der Waals surface area contributed by atoms with Gasteiger partial charge in [0.25, 0.3) is 24.2 Å². The summed E-state index contributed by atoms with van der Waals surface area (Å²) < 4.78 is 9.70. The van der Waals surface area contributed by atoms with E-state index in [0.717, 1.165) is 10.7 Å². The van der Waals surface area contributed by atoms with Crippen LogP contribution in [0.3, 0.4) is 0 Å². The number of hydrogen-bond acceptors (Lipinski definition) is 7. The van der Waals surface area contributed by atoms with E-state index in [1.165, 1.54) is 24.1 Å². The van der Waals surface area contributed by atoms with E-state index in [2.05, 4.69) is 23.5 Å². The first kappa shape index (κ1) is 26.3.